The number of hydrogen-bond acceptors (Lipinski definition) is 3. The third kappa shape index (κ3) is 2.94. The lowest BCUT2D eigenvalue weighted by molar-refractivity contribution is -0.331. The Bertz CT molecular complexity index is 936. The first-order chi connectivity index (χ1) is 12.7. The van der Waals surface area contributed by atoms with Crippen LogP contribution in [0.3, 0.4) is 0 Å². The molecule has 5 heteroatoms. The Kier molecular flexibility index (Phi) is 4.37. The van der Waals surface area contributed by atoms with Gasteiger partial charge in [-0.3, -0.25) is 4.90 Å². The molecule has 1 N–H and O–H groups in total. The lowest BCUT2D eigenvalue weighted by atomic mass is 10.1. The maximum atomic E-state index is 14.0. The normalized spacial score (nSPS) is 14.7. The molecule has 4 nitrogen and oxygen atoms in total. The van der Waals surface area contributed by atoms with Crippen LogP contribution in [0.2, 0.25) is 0 Å². The van der Waals surface area contributed by atoms with Gasteiger partial charge in [-0.05, 0) is 30.7 Å². The Morgan fingerprint density at radius 2 is 1.69 bits per heavy atom. The number of ether oxygens (including phenoxy) is 1. The summed E-state index contributed by atoms with van der Waals surface area (Å²) in [6, 6.07) is 15.3. The van der Waals surface area contributed by atoms with Gasteiger partial charge in [0.1, 0.15) is 18.9 Å². The summed E-state index contributed by atoms with van der Waals surface area (Å²) in [7, 11) is 1.69. The lowest BCUT2D eigenvalue weighted by Crippen LogP contribution is -2.48. The SMILES string of the molecule is COc1cccc2c(C)cc(N3CCN(c4ccccc4F)CC3)[nH+]c12. The summed E-state index contributed by atoms with van der Waals surface area (Å²) in [6.45, 7) is 5.38. The molecule has 0 saturated carbocycles. The molecular weight excluding hydrogens is 329 g/mol. The van der Waals surface area contributed by atoms with Gasteiger partial charge in [-0.25, -0.2) is 9.37 Å². The first-order valence-corrected chi connectivity index (χ1v) is 8.91. The Labute approximate surface area is 152 Å². The van der Waals surface area contributed by atoms with E-state index in [1.54, 1.807) is 13.2 Å². The van der Waals surface area contributed by atoms with Crippen molar-refractivity contribution in [2.24, 2.45) is 0 Å². The average Bonchev–Trinajstić information content (AvgIpc) is 2.68. The van der Waals surface area contributed by atoms with Gasteiger partial charge in [0.15, 0.2) is 11.3 Å². The van der Waals surface area contributed by atoms with Gasteiger partial charge >= 0.3 is 0 Å². The molecule has 2 heterocycles. The summed E-state index contributed by atoms with van der Waals surface area (Å²) < 4.78 is 19.5. The molecule has 4 rings (SSSR count). The maximum Gasteiger partial charge on any atom is 0.275 e. The van der Waals surface area contributed by atoms with Crippen molar-refractivity contribution in [2.45, 2.75) is 6.92 Å². The topological polar surface area (TPSA) is 29.9 Å². The van der Waals surface area contributed by atoms with Crippen LogP contribution in [0, 0.1) is 12.7 Å². The van der Waals surface area contributed by atoms with Gasteiger partial charge in [0.2, 0.25) is 0 Å². The summed E-state index contributed by atoms with van der Waals surface area (Å²) in [4.78, 5) is 7.96. The number of aromatic nitrogens is 1. The van der Waals surface area contributed by atoms with Gasteiger partial charge in [-0.1, -0.05) is 24.3 Å². The van der Waals surface area contributed by atoms with E-state index in [1.807, 2.05) is 24.3 Å². The minimum atomic E-state index is -0.154. The average molecular weight is 352 g/mol. The second kappa shape index (κ2) is 6.83. The summed E-state index contributed by atoms with van der Waals surface area (Å²) in [5.74, 6) is 1.77. The van der Waals surface area contributed by atoms with Gasteiger partial charge in [-0.15, -0.1) is 0 Å². The standard InChI is InChI=1S/C21H22FN3O/c1-15-14-20(23-21-16(15)6-5-9-19(21)26-2)25-12-10-24(11-13-25)18-8-4-3-7-17(18)22/h3-9,14H,10-13H2,1-2H3/p+1. The van der Waals surface area contributed by atoms with Crippen molar-refractivity contribution in [1.29, 1.82) is 0 Å². The zero-order valence-corrected chi connectivity index (χ0v) is 15.1. The van der Waals surface area contributed by atoms with Crippen molar-refractivity contribution in [2.75, 3.05) is 43.1 Å². The highest BCUT2D eigenvalue weighted by atomic mass is 19.1. The molecule has 0 radical (unpaired) electrons. The highest BCUT2D eigenvalue weighted by Crippen LogP contribution is 2.27. The quantitative estimate of drug-likeness (QED) is 0.723. The predicted octanol–water partition coefficient (Wildman–Crippen LogP) is 3.44. The molecule has 0 aliphatic carbocycles. The molecule has 0 spiro atoms. The number of pyridine rings is 1. The Hall–Kier alpha value is -2.82. The zero-order chi connectivity index (χ0) is 18.1. The van der Waals surface area contributed by atoms with E-state index in [0.717, 1.165) is 48.6 Å². The molecule has 1 aromatic heterocycles. The van der Waals surface area contributed by atoms with Gasteiger partial charge in [-0.2, -0.15) is 0 Å². The fourth-order valence-corrected chi connectivity index (χ4v) is 3.67. The summed E-state index contributed by atoms with van der Waals surface area (Å²) in [5, 5.41) is 1.16. The second-order valence-corrected chi connectivity index (χ2v) is 6.65. The Morgan fingerprint density at radius 1 is 0.962 bits per heavy atom. The fourth-order valence-electron chi connectivity index (χ4n) is 3.67. The molecule has 0 unspecified atom stereocenters. The maximum absolute atomic E-state index is 14.0. The minimum absolute atomic E-state index is 0.154. The molecule has 0 atom stereocenters. The van der Waals surface area contributed by atoms with Crippen molar-refractivity contribution in [3.8, 4) is 5.75 Å². The van der Waals surface area contributed by atoms with Crippen molar-refractivity contribution >= 4 is 22.4 Å². The number of halogens is 1. The monoisotopic (exact) mass is 352 g/mol. The summed E-state index contributed by atoms with van der Waals surface area (Å²) in [6.07, 6.45) is 0. The number of para-hydroxylation sites is 2. The van der Waals surface area contributed by atoms with Crippen LogP contribution in [0.1, 0.15) is 5.56 Å². The van der Waals surface area contributed by atoms with Crippen LogP contribution in [0.5, 0.6) is 5.75 Å². The van der Waals surface area contributed by atoms with Crippen molar-refractivity contribution in [3.05, 3.63) is 59.9 Å². The lowest BCUT2D eigenvalue weighted by Gasteiger charge is -2.32. The molecule has 2 aromatic carbocycles. The molecule has 134 valence electrons. The number of fused-ring (bicyclic) bond motifs is 1. The first-order valence-electron chi connectivity index (χ1n) is 8.91. The number of H-pyrrole nitrogens is 1. The molecule has 1 aliphatic rings. The van der Waals surface area contributed by atoms with Crippen LogP contribution in [-0.4, -0.2) is 33.3 Å². The number of rotatable bonds is 3. The largest absolute Gasteiger partial charge is 0.492 e. The number of benzene rings is 2. The predicted molar refractivity (Wildman–Crippen MR) is 103 cm³/mol. The number of aryl methyl sites for hydroxylation is 1. The Morgan fingerprint density at radius 3 is 2.42 bits per heavy atom. The van der Waals surface area contributed by atoms with E-state index in [1.165, 1.54) is 11.6 Å². The second-order valence-electron chi connectivity index (χ2n) is 6.65. The van der Waals surface area contributed by atoms with E-state index in [-0.39, 0.29) is 5.82 Å². The number of methoxy groups -OCH3 is 1. The van der Waals surface area contributed by atoms with E-state index in [2.05, 4.69) is 33.8 Å². The molecule has 1 aliphatic heterocycles. The number of nitrogens with one attached hydrogen (secondary N) is 1. The molecular formula is C21H23FN3O+. The highest BCUT2D eigenvalue weighted by Gasteiger charge is 2.26. The Balaban J connectivity index is 1.59. The number of hydrogen-bond donors (Lipinski definition) is 0. The molecule has 1 saturated heterocycles. The van der Waals surface area contributed by atoms with Gasteiger partial charge in [0, 0.05) is 11.5 Å². The van der Waals surface area contributed by atoms with E-state index in [4.69, 9.17) is 4.74 Å². The van der Waals surface area contributed by atoms with Crippen molar-refractivity contribution < 1.29 is 14.1 Å². The van der Waals surface area contributed by atoms with Crippen molar-refractivity contribution in [1.82, 2.24) is 0 Å². The van der Waals surface area contributed by atoms with E-state index in [9.17, 15) is 4.39 Å². The molecule has 26 heavy (non-hydrogen) atoms. The van der Waals surface area contributed by atoms with Crippen LogP contribution < -0.4 is 19.5 Å². The van der Waals surface area contributed by atoms with Gasteiger partial charge < -0.3 is 9.64 Å². The number of piperazine rings is 1. The number of nitrogens with zero attached hydrogens (tertiary/aromatic N) is 2. The van der Waals surface area contributed by atoms with Crippen LogP contribution in [0.15, 0.2) is 48.5 Å². The fraction of sp³-hybridized carbons (Fsp3) is 0.286. The minimum Gasteiger partial charge on any atom is -0.492 e. The van der Waals surface area contributed by atoms with Crippen LogP contribution in [0.25, 0.3) is 10.9 Å². The van der Waals surface area contributed by atoms with Crippen molar-refractivity contribution in [3.63, 3.8) is 0 Å². The highest BCUT2D eigenvalue weighted by molar-refractivity contribution is 5.85. The first kappa shape index (κ1) is 16.6. The molecule has 1 fully saturated rings. The van der Waals surface area contributed by atoms with Crippen LogP contribution in [-0.2, 0) is 0 Å². The van der Waals surface area contributed by atoms with Crippen LogP contribution in [0.4, 0.5) is 15.9 Å². The van der Waals surface area contributed by atoms with E-state index >= 15 is 0 Å². The van der Waals surface area contributed by atoms with E-state index < -0.39 is 0 Å². The third-order valence-corrected chi connectivity index (χ3v) is 5.09. The summed E-state index contributed by atoms with van der Waals surface area (Å²) in [5.41, 5.74) is 2.92. The third-order valence-electron chi connectivity index (χ3n) is 5.09. The van der Waals surface area contributed by atoms with Gasteiger partial charge in [0.25, 0.3) is 5.82 Å². The zero-order valence-electron chi connectivity index (χ0n) is 15.1. The van der Waals surface area contributed by atoms with E-state index in [0.29, 0.717) is 5.69 Å². The molecule has 0 amide bonds. The van der Waals surface area contributed by atoms with Gasteiger partial charge in [0.05, 0.1) is 25.9 Å². The smallest absolute Gasteiger partial charge is 0.275 e. The summed E-state index contributed by atoms with van der Waals surface area (Å²) >= 11 is 0. The molecule has 0 bridgehead atoms. The van der Waals surface area contributed by atoms with Crippen LogP contribution >= 0.6 is 0 Å². The molecule has 3 aromatic rings. The number of anilines is 2. The number of aromatic amines is 1.